The lowest BCUT2D eigenvalue weighted by molar-refractivity contribution is 0.738. The van der Waals surface area contributed by atoms with E-state index in [1.807, 2.05) is 37.6 Å². The van der Waals surface area contributed by atoms with Gasteiger partial charge in [-0.3, -0.25) is 4.98 Å². The van der Waals surface area contributed by atoms with E-state index in [-0.39, 0.29) is 6.04 Å². The topological polar surface area (TPSA) is 50.7 Å². The van der Waals surface area contributed by atoms with Crippen molar-refractivity contribution in [3.8, 4) is 0 Å². The van der Waals surface area contributed by atoms with Crippen molar-refractivity contribution < 1.29 is 0 Å². The number of nitrogens with zero attached hydrogens (tertiary/aromatic N) is 3. The van der Waals surface area contributed by atoms with Gasteiger partial charge in [0.05, 0.1) is 6.04 Å². The summed E-state index contributed by atoms with van der Waals surface area (Å²) in [6.07, 6.45) is 7.48. The first-order valence-electron chi connectivity index (χ1n) is 6.73. The van der Waals surface area contributed by atoms with Crippen LogP contribution in [0.1, 0.15) is 43.3 Å². The number of aromatic nitrogens is 3. The Balaban J connectivity index is 2.26. The van der Waals surface area contributed by atoms with Crippen molar-refractivity contribution in [2.45, 2.75) is 39.7 Å². The van der Waals surface area contributed by atoms with Gasteiger partial charge >= 0.3 is 0 Å². The van der Waals surface area contributed by atoms with E-state index < -0.39 is 0 Å². The van der Waals surface area contributed by atoms with Crippen LogP contribution in [0, 0.1) is 6.92 Å². The standard InChI is InChI=1S/C15H20N4/c1-4-12-10-17-11(3)18-15(12)19-14(5-2)13-6-8-16-9-7-13/h6-10,14H,4-5H2,1-3H3,(H,17,18,19)/t14-/m1/s1. The van der Waals surface area contributed by atoms with E-state index in [2.05, 4.69) is 34.1 Å². The smallest absolute Gasteiger partial charge is 0.133 e. The summed E-state index contributed by atoms with van der Waals surface area (Å²) in [7, 11) is 0. The molecule has 100 valence electrons. The Labute approximate surface area is 114 Å². The highest BCUT2D eigenvalue weighted by atomic mass is 15.0. The van der Waals surface area contributed by atoms with E-state index in [1.165, 1.54) is 5.56 Å². The maximum absolute atomic E-state index is 4.52. The first kappa shape index (κ1) is 13.5. The van der Waals surface area contributed by atoms with Gasteiger partial charge in [0.15, 0.2) is 0 Å². The third-order valence-electron chi connectivity index (χ3n) is 3.19. The molecule has 0 saturated heterocycles. The molecule has 19 heavy (non-hydrogen) atoms. The van der Waals surface area contributed by atoms with Crippen molar-refractivity contribution in [3.05, 3.63) is 47.7 Å². The Morgan fingerprint density at radius 2 is 1.95 bits per heavy atom. The minimum Gasteiger partial charge on any atom is -0.363 e. The molecule has 0 saturated carbocycles. The van der Waals surface area contributed by atoms with Gasteiger partial charge in [-0.05, 0) is 37.5 Å². The van der Waals surface area contributed by atoms with Gasteiger partial charge < -0.3 is 5.32 Å². The summed E-state index contributed by atoms with van der Waals surface area (Å²) in [6.45, 7) is 6.20. The predicted octanol–water partition coefficient (Wildman–Crippen LogP) is 3.31. The van der Waals surface area contributed by atoms with E-state index >= 15 is 0 Å². The molecule has 0 spiro atoms. The van der Waals surface area contributed by atoms with Crippen LogP contribution in [0.2, 0.25) is 0 Å². The predicted molar refractivity (Wildman–Crippen MR) is 77.0 cm³/mol. The number of aryl methyl sites for hydroxylation is 2. The molecule has 0 fully saturated rings. The Hall–Kier alpha value is -1.97. The highest BCUT2D eigenvalue weighted by molar-refractivity contribution is 5.45. The molecule has 0 aliphatic heterocycles. The zero-order valence-electron chi connectivity index (χ0n) is 11.7. The number of hydrogen-bond acceptors (Lipinski definition) is 4. The van der Waals surface area contributed by atoms with Crippen LogP contribution in [0.5, 0.6) is 0 Å². The van der Waals surface area contributed by atoms with Gasteiger partial charge in [-0.15, -0.1) is 0 Å². The maximum atomic E-state index is 4.52. The van der Waals surface area contributed by atoms with Gasteiger partial charge in [-0.1, -0.05) is 13.8 Å². The van der Waals surface area contributed by atoms with Gasteiger partial charge in [0.1, 0.15) is 11.6 Å². The van der Waals surface area contributed by atoms with Gasteiger partial charge in [0.2, 0.25) is 0 Å². The fourth-order valence-electron chi connectivity index (χ4n) is 2.06. The molecular formula is C15H20N4. The van der Waals surface area contributed by atoms with Crippen LogP contribution in [-0.4, -0.2) is 15.0 Å². The number of nitrogens with one attached hydrogen (secondary N) is 1. The SMILES string of the molecule is CCc1cnc(C)nc1N[C@H](CC)c1ccncc1. The summed E-state index contributed by atoms with van der Waals surface area (Å²) in [6, 6.07) is 4.34. The van der Waals surface area contributed by atoms with Crippen LogP contribution < -0.4 is 5.32 Å². The molecule has 0 bridgehead atoms. The fraction of sp³-hybridized carbons (Fsp3) is 0.400. The van der Waals surface area contributed by atoms with Crippen LogP contribution >= 0.6 is 0 Å². The van der Waals surface area contributed by atoms with Crippen molar-refractivity contribution in [1.29, 1.82) is 0 Å². The second-order valence-corrected chi connectivity index (χ2v) is 4.53. The highest BCUT2D eigenvalue weighted by Gasteiger charge is 2.12. The third kappa shape index (κ3) is 3.28. The van der Waals surface area contributed by atoms with E-state index in [9.17, 15) is 0 Å². The van der Waals surface area contributed by atoms with Gasteiger partial charge in [-0.25, -0.2) is 9.97 Å². The van der Waals surface area contributed by atoms with Crippen LogP contribution in [-0.2, 0) is 6.42 Å². The molecule has 1 atom stereocenters. The number of rotatable bonds is 5. The number of pyridine rings is 1. The molecule has 0 amide bonds. The van der Waals surface area contributed by atoms with Crippen molar-refractivity contribution in [2.75, 3.05) is 5.32 Å². The van der Waals surface area contributed by atoms with Crippen LogP contribution in [0.25, 0.3) is 0 Å². The second kappa shape index (κ2) is 6.27. The Morgan fingerprint density at radius 1 is 1.21 bits per heavy atom. The average Bonchev–Trinajstić information content (AvgIpc) is 2.46. The van der Waals surface area contributed by atoms with Crippen molar-refractivity contribution >= 4 is 5.82 Å². The lowest BCUT2D eigenvalue weighted by Crippen LogP contribution is -2.13. The zero-order valence-corrected chi connectivity index (χ0v) is 11.7. The number of anilines is 1. The largest absolute Gasteiger partial charge is 0.363 e. The third-order valence-corrected chi connectivity index (χ3v) is 3.19. The average molecular weight is 256 g/mol. The minimum absolute atomic E-state index is 0.252. The zero-order chi connectivity index (χ0) is 13.7. The van der Waals surface area contributed by atoms with E-state index in [0.29, 0.717) is 0 Å². The molecule has 0 aliphatic carbocycles. The monoisotopic (exact) mass is 256 g/mol. The summed E-state index contributed by atoms with van der Waals surface area (Å²) < 4.78 is 0. The van der Waals surface area contributed by atoms with E-state index in [0.717, 1.165) is 30.0 Å². The lowest BCUT2D eigenvalue weighted by Gasteiger charge is -2.19. The molecule has 4 nitrogen and oxygen atoms in total. The molecule has 2 aromatic heterocycles. The summed E-state index contributed by atoms with van der Waals surface area (Å²) in [4.78, 5) is 12.8. The van der Waals surface area contributed by atoms with Crippen molar-refractivity contribution in [1.82, 2.24) is 15.0 Å². The molecule has 0 radical (unpaired) electrons. The minimum atomic E-state index is 0.252. The normalized spacial score (nSPS) is 12.2. The van der Waals surface area contributed by atoms with Gasteiger partial charge in [0, 0.05) is 24.2 Å². The quantitative estimate of drug-likeness (QED) is 0.891. The maximum Gasteiger partial charge on any atom is 0.133 e. The van der Waals surface area contributed by atoms with Crippen molar-refractivity contribution in [3.63, 3.8) is 0 Å². The second-order valence-electron chi connectivity index (χ2n) is 4.53. The molecule has 0 aromatic carbocycles. The first-order valence-corrected chi connectivity index (χ1v) is 6.73. The molecule has 2 aromatic rings. The Kier molecular flexibility index (Phi) is 4.44. The summed E-state index contributed by atoms with van der Waals surface area (Å²) in [5.41, 5.74) is 2.38. The van der Waals surface area contributed by atoms with Crippen molar-refractivity contribution in [2.24, 2.45) is 0 Å². The molecule has 4 heteroatoms. The van der Waals surface area contributed by atoms with E-state index in [1.54, 1.807) is 0 Å². The molecule has 2 rings (SSSR count). The molecule has 2 heterocycles. The Morgan fingerprint density at radius 3 is 2.58 bits per heavy atom. The highest BCUT2D eigenvalue weighted by Crippen LogP contribution is 2.23. The fourth-order valence-corrected chi connectivity index (χ4v) is 2.06. The van der Waals surface area contributed by atoms with Gasteiger partial charge in [-0.2, -0.15) is 0 Å². The summed E-state index contributed by atoms with van der Waals surface area (Å²) in [5.74, 6) is 1.74. The van der Waals surface area contributed by atoms with Crippen LogP contribution in [0.3, 0.4) is 0 Å². The van der Waals surface area contributed by atoms with Gasteiger partial charge in [0.25, 0.3) is 0 Å². The lowest BCUT2D eigenvalue weighted by atomic mass is 10.1. The molecule has 1 N–H and O–H groups in total. The number of hydrogen-bond donors (Lipinski definition) is 1. The molecule has 0 unspecified atom stereocenters. The molecule has 0 aliphatic rings. The Bertz CT molecular complexity index is 525. The first-order chi connectivity index (χ1) is 9.24. The van der Waals surface area contributed by atoms with Crippen LogP contribution in [0.4, 0.5) is 5.82 Å². The molecular weight excluding hydrogens is 236 g/mol. The summed E-state index contributed by atoms with van der Waals surface area (Å²) >= 11 is 0. The van der Waals surface area contributed by atoms with Crippen LogP contribution in [0.15, 0.2) is 30.7 Å². The van der Waals surface area contributed by atoms with E-state index in [4.69, 9.17) is 0 Å². The summed E-state index contributed by atoms with van der Waals surface area (Å²) in [5, 5.41) is 3.53.